The first-order chi connectivity index (χ1) is 33.2. The maximum Gasteiger partial charge on any atom is 0.160 e. The van der Waals surface area contributed by atoms with Crippen molar-refractivity contribution in [3.8, 4) is 89.5 Å². The van der Waals surface area contributed by atoms with Crippen LogP contribution in [0.4, 0.5) is 0 Å². The third kappa shape index (κ3) is 6.76. The molecular formula is C64H41N3. The van der Waals surface area contributed by atoms with E-state index in [1.807, 2.05) is 24.3 Å². The van der Waals surface area contributed by atoms with Crippen LogP contribution in [0, 0.1) is 0 Å². The van der Waals surface area contributed by atoms with E-state index < -0.39 is 0 Å². The number of hydrogen-bond acceptors (Lipinski definition) is 2. The Labute approximate surface area is 388 Å². The van der Waals surface area contributed by atoms with Gasteiger partial charge in [-0.05, 0) is 98.1 Å². The molecule has 0 spiro atoms. The van der Waals surface area contributed by atoms with Gasteiger partial charge in [-0.1, -0.05) is 206 Å². The Balaban J connectivity index is 0.838. The highest BCUT2D eigenvalue weighted by Crippen LogP contribution is 2.44. The summed E-state index contributed by atoms with van der Waals surface area (Å²) >= 11 is 0. The maximum absolute atomic E-state index is 5.10. The van der Waals surface area contributed by atoms with Gasteiger partial charge < -0.3 is 4.40 Å². The Bertz CT molecular complexity index is 3910. The fourth-order valence-corrected chi connectivity index (χ4v) is 10.1. The zero-order valence-electron chi connectivity index (χ0n) is 36.5. The number of hydrogen-bond donors (Lipinski definition) is 0. The topological polar surface area (TPSA) is 30.2 Å². The molecule has 312 valence electrons. The molecule has 0 amide bonds. The van der Waals surface area contributed by atoms with Gasteiger partial charge in [-0.25, -0.2) is 9.97 Å². The molecule has 0 aliphatic heterocycles. The number of benzene rings is 10. The fraction of sp³-hybridized carbons (Fsp3) is 0. The molecule has 0 unspecified atom stereocenters. The molecule has 67 heavy (non-hydrogen) atoms. The smallest absolute Gasteiger partial charge is 0.160 e. The van der Waals surface area contributed by atoms with Crippen LogP contribution in [0.15, 0.2) is 249 Å². The standard InChI is InChI=1S/C64H41N3/c1-4-16-42(17-5-1)54-30-15-33-60-62(54)57-32-14-31-56-55-35-34-52(40-61(55)67(60)63(56)57)50-27-12-25-48(38-50)46-23-10-22-45(36-46)47-24-11-26-49(37-47)51-28-13-29-53(39-51)59-41-58(43-18-6-2-7-19-43)65-64(66-59)44-20-8-3-9-21-44/h1-41H. The molecule has 3 heterocycles. The quantitative estimate of drug-likeness (QED) is 0.152. The molecule has 0 atom stereocenters. The highest BCUT2D eigenvalue weighted by molar-refractivity contribution is 6.26. The second-order valence-corrected chi connectivity index (χ2v) is 17.4. The van der Waals surface area contributed by atoms with E-state index in [2.05, 4.69) is 229 Å². The second-order valence-electron chi connectivity index (χ2n) is 17.4. The SMILES string of the molecule is c1ccc(-c2cc(-c3cccc(-c4cccc(-c5cccc(-c6cccc(-c7ccc8c9cccc%10c%11c(-c%12ccccc%12)cccc%11n(c8c7)c9%10)c6)c5)c4)c3)nc(-c3ccccc3)n2)cc1. The average molecular weight is 852 g/mol. The first-order valence-corrected chi connectivity index (χ1v) is 22.9. The van der Waals surface area contributed by atoms with Gasteiger partial charge in [0.25, 0.3) is 0 Å². The first-order valence-electron chi connectivity index (χ1n) is 22.9. The summed E-state index contributed by atoms with van der Waals surface area (Å²) in [6.07, 6.45) is 0. The van der Waals surface area contributed by atoms with Crippen molar-refractivity contribution >= 4 is 38.1 Å². The van der Waals surface area contributed by atoms with Gasteiger partial charge in [0.2, 0.25) is 0 Å². The van der Waals surface area contributed by atoms with Crippen LogP contribution in [0.25, 0.3) is 128 Å². The summed E-state index contributed by atoms with van der Waals surface area (Å²) in [7, 11) is 0. The monoisotopic (exact) mass is 851 g/mol. The molecular weight excluding hydrogens is 811 g/mol. The van der Waals surface area contributed by atoms with Gasteiger partial charge in [0.15, 0.2) is 5.82 Å². The van der Waals surface area contributed by atoms with Crippen molar-refractivity contribution in [3.63, 3.8) is 0 Å². The van der Waals surface area contributed by atoms with E-state index >= 15 is 0 Å². The first kappa shape index (κ1) is 38.5. The molecule has 0 saturated heterocycles. The summed E-state index contributed by atoms with van der Waals surface area (Å²) < 4.78 is 2.49. The summed E-state index contributed by atoms with van der Waals surface area (Å²) in [5, 5.41) is 5.16. The van der Waals surface area contributed by atoms with Gasteiger partial charge in [0.1, 0.15) is 0 Å². The van der Waals surface area contributed by atoms with E-state index in [4.69, 9.17) is 9.97 Å². The highest BCUT2D eigenvalue weighted by Gasteiger charge is 2.20. The van der Waals surface area contributed by atoms with Crippen molar-refractivity contribution < 1.29 is 0 Å². The van der Waals surface area contributed by atoms with E-state index in [1.165, 1.54) is 82.6 Å². The van der Waals surface area contributed by atoms with Gasteiger partial charge in [0, 0.05) is 38.2 Å². The summed E-state index contributed by atoms with van der Waals surface area (Å²) in [6.45, 7) is 0. The van der Waals surface area contributed by atoms with Crippen molar-refractivity contribution in [2.24, 2.45) is 0 Å². The van der Waals surface area contributed by atoms with Crippen LogP contribution in [0.3, 0.4) is 0 Å². The summed E-state index contributed by atoms with van der Waals surface area (Å²) in [4.78, 5) is 10.1. The van der Waals surface area contributed by atoms with E-state index in [0.29, 0.717) is 5.82 Å². The fourth-order valence-electron chi connectivity index (χ4n) is 10.1. The van der Waals surface area contributed by atoms with Crippen LogP contribution in [-0.2, 0) is 0 Å². The lowest BCUT2D eigenvalue weighted by Gasteiger charge is -2.12. The molecule has 0 bridgehead atoms. The molecule has 3 aromatic heterocycles. The largest absolute Gasteiger partial charge is 0.308 e. The number of para-hydroxylation sites is 1. The molecule has 0 fully saturated rings. The van der Waals surface area contributed by atoms with Crippen LogP contribution in [0.5, 0.6) is 0 Å². The molecule has 0 radical (unpaired) electrons. The van der Waals surface area contributed by atoms with E-state index in [1.54, 1.807) is 0 Å². The van der Waals surface area contributed by atoms with Crippen molar-refractivity contribution in [3.05, 3.63) is 249 Å². The van der Waals surface area contributed by atoms with Gasteiger partial charge in [-0.15, -0.1) is 0 Å². The number of fused-ring (bicyclic) bond motifs is 6. The Morgan fingerprint density at radius 2 is 0.687 bits per heavy atom. The molecule has 3 nitrogen and oxygen atoms in total. The summed E-state index contributed by atoms with van der Waals surface area (Å²) in [5.41, 5.74) is 20.5. The third-order valence-corrected chi connectivity index (χ3v) is 13.3. The number of aromatic nitrogens is 3. The molecule has 3 heteroatoms. The highest BCUT2D eigenvalue weighted by atomic mass is 14.9. The zero-order chi connectivity index (χ0) is 44.3. The predicted molar refractivity (Wildman–Crippen MR) is 280 cm³/mol. The Morgan fingerprint density at radius 3 is 1.27 bits per heavy atom. The van der Waals surface area contributed by atoms with E-state index in [0.717, 1.165) is 39.2 Å². The summed E-state index contributed by atoms with van der Waals surface area (Å²) in [5.74, 6) is 0.710. The van der Waals surface area contributed by atoms with Gasteiger partial charge >= 0.3 is 0 Å². The van der Waals surface area contributed by atoms with Crippen molar-refractivity contribution in [2.75, 3.05) is 0 Å². The minimum atomic E-state index is 0.710. The van der Waals surface area contributed by atoms with Gasteiger partial charge in [-0.3, -0.25) is 0 Å². The minimum Gasteiger partial charge on any atom is -0.308 e. The molecule has 0 N–H and O–H groups in total. The molecule has 13 rings (SSSR count). The number of nitrogens with zero attached hydrogens (tertiary/aromatic N) is 3. The van der Waals surface area contributed by atoms with Crippen molar-refractivity contribution in [1.29, 1.82) is 0 Å². The molecule has 0 saturated carbocycles. The molecule has 0 aliphatic rings. The number of rotatable bonds is 8. The summed E-state index contributed by atoms with van der Waals surface area (Å²) in [6, 6.07) is 89.4. The Kier molecular flexibility index (Phi) is 9.17. The van der Waals surface area contributed by atoms with Gasteiger partial charge in [-0.2, -0.15) is 0 Å². The lowest BCUT2D eigenvalue weighted by atomic mass is 9.94. The van der Waals surface area contributed by atoms with Crippen LogP contribution in [-0.4, -0.2) is 14.4 Å². The molecule has 0 aliphatic carbocycles. The third-order valence-electron chi connectivity index (χ3n) is 13.3. The average Bonchev–Trinajstić information content (AvgIpc) is 3.94. The maximum atomic E-state index is 5.10. The van der Waals surface area contributed by atoms with E-state index in [-0.39, 0.29) is 0 Å². The van der Waals surface area contributed by atoms with Crippen molar-refractivity contribution in [2.45, 2.75) is 0 Å². The lowest BCUT2D eigenvalue weighted by molar-refractivity contribution is 1.18. The van der Waals surface area contributed by atoms with Gasteiger partial charge in [0.05, 0.1) is 27.9 Å². The Hall–Kier alpha value is -8.92. The molecule has 13 aromatic rings. The predicted octanol–water partition coefficient (Wildman–Crippen LogP) is 17.0. The Morgan fingerprint density at radius 1 is 0.254 bits per heavy atom. The van der Waals surface area contributed by atoms with Crippen LogP contribution >= 0.6 is 0 Å². The second kappa shape index (κ2) is 16.0. The normalized spacial score (nSPS) is 11.6. The minimum absolute atomic E-state index is 0.710. The van der Waals surface area contributed by atoms with Crippen molar-refractivity contribution in [1.82, 2.24) is 14.4 Å². The lowest BCUT2D eigenvalue weighted by Crippen LogP contribution is -1.96. The zero-order valence-corrected chi connectivity index (χ0v) is 36.5. The molecule has 10 aromatic carbocycles. The van der Waals surface area contributed by atoms with E-state index in [9.17, 15) is 0 Å². The van der Waals surface area contributed by atoms with Crippen LogP contribution in [0.2, 0.25) is 0 Å². The van der Waals surface area contributed by atoms with Crippen LogP contribution in [0.1, 0.15) is 0 Å². The van der Waals surface area contributed by atoms with Crippen LogP contribution < -0.4 is 0 Å².